The second-order valence-electron chi connectivity index (χ2n) is 5.15. The van der Waals surface area contributed by atoms with Crippen molar-refractivity contribution < 1.29 is 19.7 Å². The van der Waals surface area contributed by atoms with Crippen LogP contribution in [0.15, 0.2) is 0 Å². The van der Waals surface area contributed by atoms with Crippen LogP contribution >= 0.6 is 0 Å². The molecule has 84 valence electrons. The van der Waals surface area contributed by atoms with Gasteiger partial charge in [0.2, 0.25) is 6.29 Å². The molecule has 0 rings (SSSR count). The molecule has 0 amide bonds. The van der Waals surface area contributed by atoms with Crippen LogP contribution in [-0.2, 0) is 9.53 Å². The van der Waals surface area contributed by atoms with Gasteiger partial charge in [-0.1, -0.05) is 13.8 Å². The molecule has 0 heterocycles. The van der Waals surface area contributed by atoms with E-state index in [4.69, 9.17) is 9.84 Å². The highest BCUT2D eigenvalue weighted by atomic mass is 16.6. The molecule has 4 nitrogen and oxygen atoms in total. The number of carbonyl (C=O) groups is 1. The first-order chi connectivity index (χ1) is 6.11. The van der Waals surface area contributed by atoms with E-state index in [1.165, 1.54) is 0 Å². The molecular weight excluding hydrogens is 184 g/mol. The molecule has 0 spiro atoms. The van der Waals surface area contributed by atoms with Crippen LogP contribution in [0.2, 0.25) is 0 Å². The molecule has 0 saturated carbocycles. The van der Waals surface area contributed by atoms with Crippen molar-refractivity contribution in [3.05, 3.63) is 0 Å². The molecule has 0 radical (unpaired) electrons. The van der Waals surface area contributed by atoms with Crippen LogP contribution in [0.1, 0.15) is 34.6 Å². The van der Waals surface area contributed by atoms with Gasteiger partial charge >= 0.3 is 5.97 Å². The minimum atomic E-state index is -1.28. The Hall–Kier alpha value is -0.610. The molecule has 0 aliphatic carbocycles. The van der Waals surface area contributed by atoms with E-state index in [1.807, 2.05) is 0 Å². The molecule has 14 heavy (non-hydrogen) atoms. The second-order valence-corrected chi connectivity index (χ2v) is 5.15. The zero-order valence-corrected chi connectivity index (χ0v) is 9.50. The average molecular weight is 204 g/mol. The quantitative estimate of drug-likeness (QED) is 0.529. The topological polar surface area (TPSA) is 66.8 Å². The lowest BCUT2D eigenvalue weighted by molar-refractivity contribution is -0.201. The maximum Gasteiger partial charge on any atom is 0.313 e. The Kier molecular flexibility index (Phi) is 4.09. The standard InChI is InChI=1S/C10H20O4/c1-9(2,3)7(12)14-8(13)10(4,5)6-11/h8,11,13H,6H2,1-5H3. The van der Waals surface area contributed by atoms with Crippen molar-refractivity contribution in [2.45, 2.75) is 40.9 Å². The molecule has 0 aromatic rings. The van der Waals surface area contributed by atoms with E-state index in [1.54, 1.807) is 34.6 Å². The molecule has 0 aliphatic rings. The second kappa shape index (κ2) is 4.28. The number of aliphatic hydroxyl groups excluding tert-OH is 2. The Labute approximate surface area is 84.9 Å². The minimum absolute atomic E-state index is 0.244. The lowest BCUT2D eigenvalue weighted by atomic mass is 9.93. The molecule has 0 fully saturated rings. The van der Waals surface area contributed by atoms with Crippen LogP contribution in [0, 0.1) is 10.8 Å². The Morgan fingerprint density at radius 1 is 1.29 bits per heavy atom. The van der Waals surface area contributed by atoms with Crippen LogP contribution < -0.4 is 0 Å². The molecule has 0 aliphatic heterocycles. The van der Waals surface area contributed by atoms with E-state index in [0.717, 1.165) is 0 Å². The first-order valence-corrected chi connectivity index (χ1v) is 4.61. The molecule has 0 aromatic heterocycles. The lowest BCUT2D eigenvalue weighted by Crippen LogP contribution is -2.39. The zero-order valence-electron chi connectivity index (χ0n) is 9.50. The monoisotopic (exact) mass is 204 g/mol. The summed E-state index contributed by atoms with van der Waals surface area (Å²) in [5, 5.41) is 18.4. The van der Waals surface area contributed by atoms with Gasteiger partial charge in [-0.25, -0.2) is 0 Å². The van der Waals surface area contributed by atoms with E-state index < -0.39 is 23.1 Å². The Morgan fingerprint density at radius 3 is 2.00 bits per heavy atom. The number of rotatable bonds is 3. The number of hydrogen-bond acceptors (Lipinski definition) is 4. The van der Waals surface area contributed by atoms with Crippen molar-refractivity contribution >= 4 is 5.97 Å². The van der Waals surface area contributed by atoms with Crippen molar-refractivity contribution in [3.63, 3.8) is 0 Å². The van der Waals surface area contributed by atoms with E-state index in [9.17, 15) is 9.90 Å². The Morgan fingerprint density at radius 2 is 1.71 bits per heavy atom. The van der Waals surface area contributed by atoms with Crippen molar-refractivity contribution in [2.75, 3.05) is 6.61 Å². The molecule has 0 bridgehead atoms. The summed E-state index contributed by atoms with van der Waals surface area (Å²) in [4.78, 5) is 11.4. The van der Waals surface area contributed by atoms with E-state index in [2.05, 4.69) is 0 Å². The Bertz CT molecular complexity index is 203. The van der Waals surface area contributed by atoms with Gasteiger partial charge in [0.05, 0.1) is 17.4 Å². The largest absolute Gasteiger partial charge is 0.435 e. The van der Waals surface area contributed by atoms with E-state index >= 15 is 0 Å². The summed E-state index contributed by atoms with van der Waals surface area (Å²) in [6, 6.07) is 0. The number of ether oxygens (including phenoxy) is 1. The fraction of sp³-hybridized carbons (Fsp3) is 0.900. The third-order valence-electron chi connectivity index (χ3n) is 1.91. The molecule has 1 unspecified atom stereocenters. The van der Waals surface area contributed by atoms with Gasteiger partial charge in [-0.2, -0.15) is 0 Å². The van der Waals surface area contributed by atoms with E-state index in [-0.39, 0.29) is 6.61 Å². The van der Waals surface area contributed by atoms with Crippen molar-refractivity contribution in [1.82, 2.24) is 0 Å². The molecule has 2 N–H and O–H groups in total. The predicted octanol–water partition coefficient (Wildman–Crippen LogP) is 0.913. The van der Waals surface area contributed by atoms with Crippen LogP contribution in [0.3, 0.4) is 0 Å². The number of carbonyl (C=O) groups excluding carboxylic acids is 1. The fourth-order valence-electron chi connectivity index (χ4n) is 0.516. The summed E-state index contributed by atoms with van der Waals surface area (Å²) in [6.07, 6.45) is -1.28. The molecule has 1 atom stereocenters. The highest BCUT2D eigenvalue weighted by Crippen LogP contribution is 2.24. The smallest absolute Gasteiger partial charge is 0.313 e. The maximum absolute atomic E-state index is 11.4. The fourth-order valence-corrected chi connectivity index (χ4v) is 0.516. The summed E-state index contributed by atoms with van der Waals surface area (Å²) >= 11 is 0. The highest BCUT2D eigenvalue weighted by molar-refractivity contribution is 5.75. The summed E-state index contributed by atoms with van der Waals surface area (Å²) in [6.45, 7) is 8.10. The highest BCUT2D eigenvalue weighted by Gasteiger charge is 2.33. The lowest BCUT2D eigenvalue weighted by Gasteiger charge is -2.29. The van der Waals surface area contributed by atoms with Crippen LogP contribution in [0.25, 0.3) is 0 Å². The maximum atomic E-state index is 11.4. The number of esters is 1. The first kappa shape index (κ1) is 13.4. The van der Waals surface area contributed by atoms with Crippen LogP contribution in [0.4, 0.5) is 0 Å². The van der Waals surface area contributed by atoms with Gasteiger partial charge in [-0.05, 0) is 20.8 Å². The molecule has 4 heteroatoms. The normalized spacial score (nSPS) is 15.1. The van der Waals surface area contributed by atoms with Crippen LogP contribution in [0.5, 0.6) is 0 Å². The van der Waals surface area contributed by atoms with Gasteiger partial charge in [0.25, 0.3) is 0 Å². The number of aliphatic hydroxyl groups is 2. The zero-order chi connectivity index (χ0) is 11.6. The van der Waals surface area contributed by atoms with Crippen molar-refractivity contribution in [1.29, 1.82) is 0 Å². The Balaban J connectivity index is 4.34. The summed E-state index contributed by atoms with van der Waals surface area (Å²) in [7, 11) is 0. The number of hydrogen-bond donors (Lipinski definition) is 2. The van der Waals surface area contributed by atoms with Gasteiger partial charge in [0.15, 0.2) is 0 Å². The van der Waals surface area contributed by atoms with Gasteiger partial charge in [0, 0.05) is 0 Å². The summed E-state index contributed by atoms with van der Waals surface area (Å²) < 4.78 is 4.83. The molecule has 0 saturated heterocycles. The average Bonchev–Trinajstić information content (AvgIpc) is 2.02. The SMILES string of the molecule is CC(C)(C)C(=O)OC(O)C(C)(C)CO. The van der Waals surface area contributed by atoms with Gasteiger partial charge in [-0.3, -0.25) is 4.79 Å². The van der Waals surface area contributed by atoms with Gasteiger partial charge in [0.1, 0.15) is 0 Å². The van der Waals surface area contributed by atoms with Gasteiger partial charge in [-0.15, -0.1) is 0 Å². The van der Waals surface area contributed by atoms with E-state index in [0.29, 0.717) is 0 Å². The molecular formula is C10H20O4. The van der Waals surface area contributed by atoms with Gasteiger partial charge < -0.3 is 14.9 Å². The summed E-state index contributed by atoms with van der Waals surface area (Å²) in [5.74, 6) is -0.480. The van der Waals surface area contributed by atoms with Crippen LogP contribution in [-0.4, -0.2) is 29.1 Å². The van der Waals surface area contributed by atoms with Crippen molar-refractivity contribution in [2.24, 2.45) is 10.8 Å². The summed E-state index contributed by atoms with van der Waals surface area (Å²) in [5.41, 5.74) is -1.48. The third kappa shape index (κ3) is 3.64. The van der Waals surface area contributed by atoms with Crippen molar-refractivity contribution in [3.8, 4) is 0 Å². The third-order valence-corrected chi connectivity index (χ3v) is 1.91. The first-order valence-electron chi connectivity index (χ1n) is 4.61. The minimum Gasteiger partial charge on any atom is -0.435 e. The predicted molar refractivity (Wildman–Crippen MR) is 52.4 cm³/mol. The molecule has 0 aromatic carbocycles.